The number of nitrogens with zero attached hydrogens (tertiary/aromatic N) is 3. The lowest BCUT2D eigenvalue weighted by molar-refractivity contribution is -0.147. The first-order chi connectivity index (χ1) is 22.0. The topological polar surface area (TPSA) is 65.1 Å². The van der Waals surface area contributed by atoms with Gasteiger partial charge in [0, 0.05) is 68.2 Å². The maximum Gasteiger partial charge on any atom is 0.416 e. The number of rotatable bonds is 4. The summed E-state index contributed by atoms with van der Waals surface area (Å²) in [5, 5.41) is 3.37. The fourth-order valence-electron chi connectivity index (χ4n) is 9.03. The normalized spacial score (nSPS) is 31.7. The van der Waals surface area contributed by atoms with Crippen LogP contribution in [0.15, 0.2) is 42.5 Å². The SMILES string of the molecule is COC(=O)C1CCN2c3cc(C(F)(F)F)ccc3C3CN(C(=O)[C@]4(F)CN(C5CCNCC5)C[C@H]4c4ccc(C)cc4)C[C@@H]3C2C1. The number of aryl methyl sites for hydroxylation is 1. The summed E-state index contributed by atoms with van der Waals surface area (Å²) in [4.78, 5) is 32.9. The highest BCUT2D eigenvalue weighted by Crippen LogP contribution is 2.52. The van der Waals surface area contributed by atoms with Crippen molar-refractivity contribution in [2.75, 3.05) is 57.8 Å². The lowest BCUT2D eigenvalue weighted by atomic mass is 9.73. The number of anilines is 1. The van der Waals surface area contributed by atoms with E-state index in [1.807, 2.05) is 36.1 Å². The van der Waals surface area contributed by atoms with E-state index in [9.17, 15) is 22.8 Å². The smallest absolute Gasteiger partial charge is 0.416 e. The number of hydrogen-bond donors (Lipinski definition) is 1. The van der Waals surface area contributed by atoms with Gasteiger partial charge in [0.15, 0.2) is 0 Å². The molecule has 4 saturated heterocycles. The number of amides is 1. The Hall–Kier alpha value is -3.18. The molecule has 2 aromatic carbocycles. The minimum absolute atomic E-state index is 0.0202. The monoisotopic (exact) mass is 642 g/mol. The fraction of sp³-hybridized carbons (Fsp3) is 0.600. The fourth-order valence-corrected chi connectivity index (χ4v) is 9.03. The third kappa shape index (κ3) is 5.37. The predicted molar refractivity (Wildman–Crippen MR) is 165 cm³/mol. The number of hydrogen-bond acceptors (Lipinski definition) is 6. The van der Waals surface area contributed by atoms with Crippen molar-refractivity contribution in [1.82, 2.24) is 15.1 Å². The highest BCUT2D eigenvalue weighted by molar-refractivity contribution is 5.88. The molecule has 248 valence electrons. The van der Waals surface area contributed by atoms with Crippen LogP contribution in [-0.4, -0.2) is 92.4 Å². The molecule has 5 aliphatic rings. The van der Waals surface area contributed by atoms with E-state index in [1.165, 1.54) is 13.2 Å². The number of ether oxygens (including phenoxy) is 1. The highest BCUT2D eigenvalue weighted by Gasteiger charge is 2.59. The van der Waals surface area contributed by atoms with Crippen LogP contribution in [-0.2, 0) is 20.5 Å². The van der Waals surface area contributed by atoms with E-state index in [0.29, 0.717) is 38.2 Å². The molecule has 3 unspecified atom stereocenters. The van der Waals surface area contributed by atoms with Crippen molar-refractivity contribution in [2.24, 2.45) is 11.8 Å². The molecular formula is C35H42F4N4O3. The van der Waals surface area contributed by atoms with Gasteiger partial charge in [-0.15, -0.1) is 0 Å². The van der Waals surface area contributed by atoms with E-state index in [0.717, 1.165) is 48.7 Å². The Morgan fingerprint density at radius 2 is 1.74 bits per heavy atom. The molecule has 7 nitrogen and oxygen atoms in total. The van der Waals surface area contributed by atoms with E-state index in [4.69, 9.17) is 4.74 Å². The number of alkyl halides is 4. The van der Waals surface area contributed by atoms with Crippen molar-refractivity contribution in [3.63, 3.8) is 0 Å². The second-order valence-electron chi connectivity index (χ2n) is 14.0. The van der Waals surface area contributed by atoms with Crippen LogP contribution in [0.25, 0.3) is 0 Å². The Morgan fingerprint density at radius 3 is 2.43 bits per heavy atom. The van der Waals surface area contributed by atoms with E-state index in [1.54, 1.807) is 11.0 Å². The minimum Gasteiger partial charge on any atom is -0.469 e. The molecule has 1 amide bonds. The van der Waals surface area contributed by atoms with Crippen LogP contribution >= 0.6 is 0 Å². The number of nitrogens with one attached hydrogen (secondary N) is 1. The average Bonchev–Trinajstić information content (AvgIpc) is 3.67. The molecule has 0 saturated carbocycles. The third-order valence-corrected chi connectivity index (χ3v) is 11.5. The second kappa shape index (κ2) is 11.8. The van der Waals surface area contributed by atoms with Gasteiger partial charge in [-0.3, -0.25) is 14.5 Å². The van der Waals surface area contributed by atoms with Gasteiger partial charge in [-0.25, -0.2) is 4.39 Å². The third-order valence-electron chi connectivity index (χ3n) is 11.5. The van der Waals surface area contributed by atoms with Gasteiger partial charge in [0.2, 0.25) is 5.67 Å². The van der Waals surface area contributed by atoms with Crippen molar-refractivity contribution < 1.29 is 31.9 Å². The number of carbonyl (C=O) groups excluding carboxylic acids is 2. The molecule has 6 atom stereocenters. The zero-order valence-corrected chi connectivity index (χ0v) is 26.4. The number of carbonyl (C=O) groups is 2. The summed E-state index contributed by atoms with van der Waals surface area (Å²) in [6.45, 7) is 5.10. The molecule has 5 heterocycles. The van der Waals surface area contributed by atoms with Crippen LogP contribution < -0.4 is 10.2 Å². The van der Waals surface area contributed by atoms with Gasteiger partial charge in [-0.05, 0) is 69.0 Å². The average molecular weight is 643 g/mol. The number of esters is 1. The Kier molecular flexibility index (Phi) is 8.07. The summed E-state index contributed by atoms with van der Waals surface area (Å²) in [7, 11) is 1.35. The van der Waals surface area contributed by atoms with Crippen molar-refractivity contribution in [3.05, 3.63) is 64.7 Å². The lowest BCUT2D eigenvalue weighted by Crippen LogP contribution is -2.53. The summed E-state index contributed by atoms with van der Waals surface area (Å²) in [6.07, 6.45) is -1.82. The Bertz CT molecular complexity index is 1480. The van der Waals surface area contributed by atoms with E-state index in [2.05, 4.69) is 10.2 Å². The summed E-state index contributed by atoms with van der Waals surface area (Å²) < 4.78 is 64.2. The lowest BCUT2D eigenvalue weighted by Gasteiger charge is -2.49. The highest BCUT2D eigenvalue weighted by atomic mass is 19.4. The second-order valence-corrected chi connectivity index (χ2v) is 14.0. The maximum absolute atomic E-state index is 17.7. The molecule has 0 spiro atoms. The van der Waals surface area contributed by atoms with Gasteiger partial charge in [-0.2, -0.15) is 13.2 Å². The maximum atomic E-state index is 17.7. The number of fused-ring (bicyclic) bond motifs is 6. The van der Waals surface area contributed by atoms with Crippen LogP contribution in [0.3, 0.4) is 0 Å². The molecule has 1 N–H and O–H groups in total. The molecule has 0 bridgehead atoms. The van der Waals surface area contributed by atoms with Crippen LogP contribution in [0.2, 0.25) is 0 Å². The number of piperidine rings is 2. The predicted octanol–water partition coefficient (Wildman–Crippen LogP) is 4.89. The first kappa shape index (κ1) is 31.4. The molecule has 46 heavy (non-hydrogen) atoms. The number of benzene rings is 2. The van der Waals surface area contributed by atoms with Gasteiger partial charge in [0.1, 0.15) is 0 Å². The van der Waals surface area contributed by atoms with Crippen molar-refractivity contribution in [1.29, 1.82) is 0 Å². The van der Waals surface area contributed by atoms with Gasteiger partial charge >= 0.3 is 12.1 Å². The van der Waals surface area contributed by atoms with Crippen molar-refractivity contribution >= 4 is 17.6 Å². The van der Waals surface area contributed by atoms with E-state index >= 15 is 4.39 Å². The van der Waals surface area contributed by atoms with Crippen LogP contribution in [0.4, 0.5) is 23.2 Å². The summed E-state index contributed by atoms with van der Waals surface area (Å²) in [6, 6.07) is 11.6. The van der Waals surface area contributed by atoms with Gasteiger partial charge in [0.05, 0.1) is 18.6 Å². The Balaban J connectivity index is 1.22. The zero-order chi connectivity index (χ0) is 32.4. The molecule has 0 aromatic heterocycles. The number of halogens is 4. The molecule has 4 fully saturated rings. The first-order valence-corrected chi connectivity index (χ1v) is 16.5. The van der Waals surface area contributed by atoms with E-state index < -0.39 is 29.2 Å². The van der Waals surface area contributed by atoms with Gasteiger partial charge in [-0.1, -0.05) is 35.9 Å². The quantitative estimate of drug-likeness (QED) is 0.379. The summed E-state index contributed by atoms with van der Waals surface area (Å²) in [5.41, 5.74) is 0.259. The van der Waals surface area contributed by atoms with E-state index in [-0.39, 0.29) is 48.9 Å². The van der Waals surface area contributed by atoms with Crippen LogP contribution in [0, 0.1) is 18.8 Å². The number of likely N-dealkylation sites (tertiary alicyclic amines) is 2. The molecule has 2 aromatic rings. The Morgan fingerprint density at radius 1 is 1.00 bits per heavy atom. The zero-order valence-electron chi connectivity index (χ0n) is 26.4. The Labute approximate surface area is 267 Å². The molecule has 0 radical (unpaired) electrons. The molecular weight excluding hydrogens is 600 g/mol. The summed E-state index contributed by atoms with van der Waals surface area (Å²) >= 11 is 0. The van der Waals surface area contributed by atoms with Gasteiger partial charge in [0.25, 0.3) is 5.91 Å². The molecule has 11 heteroatoms. The standard InChI is InChI=1S/C35H42F4N4O3/c1-21-3-5-22(6-4-21)29-19-42(25-9-12-40-13-10-25)20-34(29,36)33(45)41-17-27-26-8-7-24(35(37,38)39)16-31(26)43-14-11-23(32(44)46-2)15-30(43)28(27)18-41/h3-8,16,23,25,27-30,40H,9-15,17-20H2,1-2H3/t23?,27?,28-,29-,30?,34-/m0/s1. The first-order valence-electron chi connectivity index (χ1n) is 16.5. The van der Waals surface area contributed by atoms with Crippen LogP contribution in [0.1, 0.15) is 59.8 Å². The molecule has 0 aliphatic carbocycles. The minimum atomic E-state index is -4.50. The number of methoxy groups -OCH3 is 1. The molecule has 7 rings (SSSR count). The van der Waals surface area contributed by atoms with Gasteiger partial charge < -0.3 is 19.9 Å². The molecule has 5 aliphatic heterocycles. The van der Waals surface area contributed by atoms with Crippen LogP contribution in [0.5, 0.6) is 0 Å². The van der Waals surface area contributed by atoms with Crippen molar-refractivity contribution in [3.8, 4) is 0 Å². The van der Waals surface area contributed by atoms with Crippen molar-refractivity contribution in [2.45, 2.75) is 68.4 Å². The largest absolute Gasteiger partial charge is 0.469 e. The summed E-state index contributed by atoms with van der Waals surface area (Å²) in [5.74, 6) is -2.29.